The minimum absolute atomic E-state index is 0.00859. The largest absolute Gasteiger partial charge is 0.390 e. The van der Waals surface area contributed by atoms with E-state index >= 15 is 17.6 Å². The normalized spacial score (nSPS) is 15.0. The Morgan fingerprint density at radius 2 is 0.953 bits per heavy atom. The third kappa shape index (κ3) is 9.76. The molecular weight excluding hydrogens is 1040 g/mol. The highest BCUT2D eigenvalue weighted by Crippen LogP contribution is 2.49. The van der Waals surface area contributed by atoms with Crippen LogP contribution in [-0.2, 0) is 58.6 Å². The van der Waals surface area contributed by atoms with Crippen LogP contribution in [0.15, 0.2) is 126 Å². The summed E-state index contributed by atoms with van der Waals surface area (Å²) < 4.78 is 137. The quantitative estimate of drug-likeness (QED) is 0.0681. The Hall–Kier alpha value is -4.37. The molecule has 0 aliphatic heterocycles. The van der Waals surface area contributed by atoms with Crippen LogP contribution in [0.25, 0.3) is 22.5 Å². The van der Waals surface area contributed by atoms with Crippen molar-refractivity contribution in [2.24, 2.45) is 0 Å². The number of halogens is 6. The van der Waals surface area contributed by atoms with Crippen LogP contribution in [-0.4, -0.2) is 47.6 Å². The van der Waals surface area contributed by atoms with E-state index < -0.39 is 51.3 Å². The van der Waals surface area contributed by atoms with E-state index in [9.17, 15) is 31.0 Å². The van der Waals surface area contributed by atoms with Crippen LogP contribution >= 0.6 is 40.1 Å². The van der Waals surface area contributed by atoms with Gasteiger partial charge in [0, 0.05) is 45.9 Å². The predicted molar refractivity (Wildman–Crippen MR) is 236 cm³/mol. The molecule has 64 heavy (non-hydrogen) atoms. The number of hydrogen-bond donors (Lipinski definition) is 0. The Balaban J connectivity index is 0.965. The van der Waals surface area contributed by atoms with Crippen molar-refractivity contribution in [2.75, 3.05) is 12.5 Å². The van der Waals surface area contributed by atoms with Crippen molar-refractivity contribution in [2.45, 2.75) is 72.9 Å². The lowest BCUT2D eigenvalue weighted by molar-refractivity contribution is -0.221. The van der Waals surface area contributed by atoms with E-state index in [1.54, 1.807) is 45.8 Å². The molecule has 4 aromatic carbocycles. The molecule has 2 fully saturated rings. The lowest BCUT2D eigenvalue weighted by Crippen LogP contribution is -2.25. The molecule has 2 heterocycles. The van der Waals surface area contributed by atoms with E-state index in [4.69, 9.17) is 0 Å². The molecule has 0 N–H and O–H groups in total. The van der Waals surface area contributed by atoms with Gasteiger partial charge >= 0.3 is 31.9 Å². The summed E-state index contributed by atoms with van der Waals surface area (Å²) in [4.78, 5) is 27.2. The van der Waals surface area contributed by atoms with Gasteiger partial charge in [0.2, 0.25) is 0 Å². The molecule has 6 aromatic rings. The molecule has 22 heteroatoms. The Bertz CT molecular complexity index is 2970. The second-order valence-electron chi connectivity index (χ2n) is 15.8. The zero-order chi connectivity index (χ0) is 46.1. The third-order valence-electron chi connectivity index (χ3n) is 10.8. The number of rotatable bonds is 16. The van der Waals surface area contributed by atoms with Crippen LogP contribution < -0.4 is 11.4 Å². The maximum absolute atomic E-state index is 15.5. The Morgan fingerprint density at radius 3 is 1.25 bits per heavy atom. The maximum Gasteiger partial charge on any atom is 0.390 e. The molecular formula is C42H37Br2F4N4O9PS2. The molecule has 338 valence electrons. The van der Waals surface area contributed by atoms with Crippen molar-refractivity contribution < 1.29 is 48.0 Å². The number of nitrogens with zero attached hydrogens (tertiary/aromatic N) is 4. The molecule has 2 saturated carbocycles. The van der Waals surface area contributed by atoms with Crippen LogP contribution in [0.4, 0.5) is 17.6 Å². The van der Waals surface area contributed by atoms with Gasteiger partial charge < -0.3 is 0 Å². The summed E-state index contributed by atoms with van der Waals surface area (Å²) in [6.45, 7) is -0.169. The standard InChI is InChI=1S/C42H37Br2F4N4O9PS2/c1-63(56,57)31-13-5-27(6-14-31)37-23-49(29-9-10-29)39(53)51(37)21-25-3-17-33(35(43)19-25)41(45,46)60-62(55)61-42(47,48)34-18-4-26(20-36(34)44)22-52-38(24-50(40(52)54)30-11-12-30)28-7-15-32(16-8-28)64(2,58)59/h3-8,13-20,23-24,29-30,62H,9-12,21-22H2,1-2H3. The monoisotopic (exact) mass is 1070 g/mol. The fourth-order valence-electron chi connectivity index (χ4n) is 7.23. The van der Waals surface area contributed by atoms with Gasteiger partial charge in [0.15, 0.2) is 19.7 Å². The van der Waals surface area contributed by atoms with Crippen molar-refractivity contribution in [3.05, 3.63) is 149 Å². The summed E-state index contributed by atoms with van der Waals surface area (Å²) in [6, 6.07) is 18.9. The van der Waals surface area contributed by atoms with Gasteiger partial charge in [0.05, 0.1) is 45.4 Å². The average Bonchev–Trinajstić information content (AvgIpc) is 4.15. The predicted octanol–water partition coefficient (Wildman–Crippen LogP) is 9.27. The fourth-order valence-corrected chi connectivity index (χ4v) is 10.5. The van der Waals surface area contributed by atoms with Crippen LogP contribution in [0.5, 0.6) is 0 Å². The molecule has 2 aliphatic rings. The zero-order valence-corrected chi connectivity index (χ0v) is 39.5. The molecule has 8 rings (SSSR count). The van der Waals surface area contributed by atoms with E-state index in [2.05, 4.69) is 40.9 Å². The third-order valence-corrected chi connectivity index (χ3v) is 15.3. The summed E-state index contributed by atoms with van der Waals surface area (Å²) in [5.41, 5.74) is 0.350. The molecule has 13 nitrogen and oxygen atoms in total. The Morgan fingerprint density at radius 1 is 0.609 bits per heavy atom. The van der Waals surface area contributed by atoms with Crippen molar-refractivity contribution in [3.63, 3.8) is 0 Å². The van der Waals surface area contributed by atoms with Crippen LogP contribution in [0.3, 0.4) is 0 Å². The molecule has 0 radical (unpaired) electrons. The Kier molecular flexibility index (Phi) is 12.4. The number of alkyl halides is 4. The van der Waals surface area contributed by atoms with Gasteiger partial charge in [-0.1, -0.05) is 68.3 Å². The van der Waals surface area contributed by atoms with E-state index in [0.717, 1.165) is 50.3 Å². The van der Waals surface area contributed by atoms with Gasteiger partial charge in [-0.15, -0.1) is 0 Å². The number of benzene rings is 4. The highest BCUT2D eigenvalue weighted by Gasteiger charge is 2.43. The molecule has 2 aliphatic carbocycles. The minimum Gasteiger partial charge on any atom is -0.296 e. The van der Waals surface area contributed by atoms with Crippen molar-refractivity contribution in [3.8, 4) is 22.5 Å². The lowest BCUT2D eigenvalue weighted by Gasteiger charge is -2.22. The zero-order valence-electron chi connectivity index (χ0n) is 33.7. The Labute approximate surface area is 381 Å². The first kappa shape index (κ1) is 46.2. The average molecular weight is 1070 g/mol. The second kappa shape index (κ2) is 17.1. The highest BCUT2D eigenvalue weighted by atomic mass is 79.9. The molecule has 0 spiro atoms. The number of hydrogen-bond acceptors (Lipinski definition) is 9. The molecule has 0 saturated heterocycles. The molecule has 0 unspecified atom stereocenters. The van der Waals surface area contributed by atoms with Gasteiger partial charge in [-0.3, -0.25) is 22.8 Å². The summed E-state index contributed by atoms with van der Waals surface area (Å²) in [5.74, 6) is 0. The van der Waals surface area contributed by atoms with Gasteiger partial charge in [0.1, 0.15) is 0 Å². The number of aromatic nitrogens is 4. The summed E-state index contributed by atoms with van der Waals surface area (Å²) in [6.07, 6.45) is -0.117. The van der Waals surface area contributed by atoms with Gasteiger partial charge in [0.25, 0.3) is 0 Å². The first-order valence-corrected chi connectivity index (χ1v) is 26.1. The van der Waals surface area contributed by atoms with Crippen molar-refractivity contribution in [1.29, 1.82) is 0 Å². The molecule has 0 amide bonds. The SMILES string of the molecule is CS(=O)(=O)c1ccc(-c2cn(C3CC3)c(=O)n2Cc2ccc(C(F)(F)O[PH](=O)OC(F)(F)c3ccc(Cn4c(-c5ccc(S(C)(=O)=O)cc5)cn(C5CC5)c4=O)cc3Br)c(Br)c2)cc1. The van der Waals surface area contributed by atoms with Crippen molar-refractivity contribution >= 4 is 59.8 Å². The van der Waals surface area contributed by atoms with Gasteiger partial charge in [-0.05, 0) is 96.5 Å². The summed E-state index contributed by atoms with van der Waals surface area (Å²) >= 11 is 6.15. The van der Waals surface area contributed by atoms with E-state index in [0.29, 0.717) is 33.6 Å². The van der Waals surface area contributed by atoms with E-state index in [-0.39, 0.29) is 55.3 Å². The van der Waals surface area contributed by atoms with Crippen LogP contribution in [0, 0.1) is 0 Å². The minimum atomic E-state index is -4.62. The van der Waals surface area contributed by atoms with Gasteiger partial charge in [-0.25, -0.2) is 35.5 Å². The fraction of sp³-hybridized carbons (Fsp3) is 0.286. The summed E-state index contributed by atoms with van der Waals surface area (Å²) in [7, 11) is -11.6. The smallest absolute Gasteiger partial charge is 0.296 e. The first-order chi connectivity index (χ1) is 30.0. The van der Waals surface area contributed by atoms with Crippen LogP contribution in [0.1, 0.15) is 60.0 Å². The number of sulfone groups is 2. The topological polar surface area (TPSA) is 158 Å². The number of imidazole rings is 2. The van der Waals surface area contributed by atoms with Crippen molar-refractivity contribution in [1.82, 2.24) is 18.3 Å². The maximum atomic E-state index is 15.5. The first-order valence-electron chi connectivity index (χ1n) is 19.5. The molecule has 2 aromatic heterocycles. The van der Waals surface area contributed by atoms with Gasteiger partial charge in [-0.2, -0.15) is 17.6 Å². The summed E-state index contributed by atoms with van der Waals surface area (Å²) in [5, 5.41) is 0. The second-order valence-corrected chi connectivity index (χ2v) is 22.4. The highest BCUT2D eigenvalue weighted by molar-refractivity contribution is 9.10. The van der Waals surface area contributed by atoms with Crippen LogP contribution in [0.2, 0.25) is 0 Å². The molecule has 0 atom stereocenters. The van der Waals surface area contributed by atoms with E-state index in [1.807, 2.05) is 0 Å². The lowest BCUT2D eigenvalue weighted by atomic mass is 10.1. The molecule has 0 bridgehead atoms. The van der Waals surface area contributed by atoms with E-state index in [1.165, 1.54) is 57.7 Å².